The summed E-state index contributed by atoms with van der Waals surface area (Å²) in [6.45, 7) is 1.70. The van der Waals surface area contributed by atoms with Crippen molar-refractivity contribution in [3.63, 3.8) is 0 Å². The highest BCUT2D eigenvalue weighted by Gasteiger charge is 1.58. The number of allylic oxidation sites excluding steroid dienone is 2. The molecule has 0 spiro atoms. The van der Waals surface area contributed by atoms with Crippen molar-refractivity contribution in [1.29, 1.82) is 0 Å². The van der Waals surface area contributed by atoms with Gasteiger partial charge in [-0.2, -0.15) is 0 Å². The molecule has 60 valence electrons. The minimum atomic E-state index is 0.652. The van der Waals surface area contributed by atoms with Gasteiger partial charge in [0, 0.05) is 0 Å². The second kappa shape index (κ2) is 9.65. The number of hydrogen-bond donors (Lipinski definition) is 0. The Morgan fingerprint density at radius 1 is 0.923 bits per heavy atom. The molecule has 0 atom stereocenters. The Morgan fingerprint density at radius 2 is 1.54 bits per heavy atom. The molecule has 1 nitrogen and oxygen atoms in total. The molecule has 0 N–H and O–H groups in total. The van der Waals surface area contributed by atoms with Crippen LogP contribution in [0.15, 0.2) is 12.2 Å². The van der Waals surface area contributed by atoms with Crippen LogP contribution >= 0.6 is 0 Å². The normalized spacial score (nSPS) is 5.92. The molecule has 0 unspecified atom stereocenters. The zero-order chi connectivity index (χ0) is 9.78. The standard InChI is InChI=1S/C12H6O/c1-2-3-4-5-6-7-8-9-10-11-12-13/h10-12H,1H3. The van der Waals surface area contributed by atoms with E-state index >= 15 is 0 Å². The van der Waals surface area contributed by atoms with Crippen LogP contribution in [0.2, 0.25) is 0 Å². The molecule has 0 aliphatic rings. The Bertz CT molecular complexity index is 422. The van der Waals surface area contributed by atoms with Crippen molar-refractivity contribution in [3.05, 3.63) is 12.2 Å². The quantitative estimate of drug-likeness (QED) is 0.319. The van der Waals surface area contributed by atoms with E-state index in [9.17, 15) is 4.79 Å². The molecule has 0 radical (unpaired) electrons. The molecular weight excluding hydrogens is 160 g/mol. The van der Waals surface area contributed by atoms with E-state index in [1.807, 2.05) is 0 Å². The van der Waals surface area contributed by atoms with E-state index in [4.69, 9.17) is 0 Å². The van der Waals surface area contributed by atoms with Gasteiger partial charge in [-0.25, -0.2) is 0 Å². The van der Waals surface area contributed by atoms with E-state index in [-0.39, 0.29) is 0 Å². The largest absolute Gasteiger partial charge is 0.299 e. The van der Waals surface area contributed by atoms with Crippen molar-refractivity contribution in [2.45, 2.75) is 6.92 Å². The molecule has 0 rings (SSSR count). The van der Waals surface area contributed by atoms with Gasteiger partial charge in [0.05, 0.1) is 0 Å². The van der Waals surface area contributed by atoms with Gasteiger partial charge in [0.25, 0.3) is 0 Å². The summed E-state index contributed by atoms with van der Waals surface area (Å²) in [6.07, 6.45) is 3.36. The van der Waals surface area contributed by atoms with Crippen LogP contribution in [0, 0.1) is 47.4 Å². The lowest BCUT2D eigenvalue weighted by Gasteiger charge is -1.58. The lowest BCUT2D eigenvalue weighted by atomic mass is 10.5. The summed E-state index contributed by atoms with van der Waals surface area (Å²) in [7, 11) is 0. The molecule has 0 fully saturated rings. The van der Waals surface area contributed by atoms with E-state index in [0.717, 1.165) is 0 Å². The average molecular weight is 166 g/mol. The van der Waals surface area contributed by atoms with Crippen LogP contribution < -0.4 is 0 Å². The highest BCUT2D eigenvalue weighted by Crippen LogP contribution is 1.62. The molecule has 0 bridgehead atoms. The first-order valence-corrected chi connectivity index (χ1v) is 3.44. The van der Waals surface area contributed by atoms with E-state index in [1.165, 1.54) is 12.2 Å². The number of aldehydes is 1. The monoisotopic (exact) mass is 166 g/mol. The first-order chi connectivity index (χ1) is 6.41. The predicted octanol–water partition coefficient (Wildman–Crippen LogP) is 0.775. The second-order valence-corrected chi connectivity index (χ2v) is 1.64. The van der Waals surface area contributed by atoms with E-state index in [2.05, 4.69) is 47.4 Å². The fourth-order valence-corrected chi connectivity index (χ4v) is 0.353. The van der Waals surface area contributed by atoms with Crippen molar-refractivity contribution in [2.24, 2.45) is 0 Å². The van der Waals surface area contributed by atoms with Gasteiger partial charge in [-0.3, -0.25) is 4.79 Å². The van der Waals surface area contributed by atoms with Crippen molar-refractivity contribution in [2.75, 3.05) is 0 Å². The van der Waals surface area contributed by atoms with Gasteiger partial charge in [0.1, 0.15) is 6.29 Å². The number of carbonyl (C=O) groups is 1. The summed E-state index contributed by atoms with van der Waals surface area (Å²) < 4.78 is 0. The molecule has 0 aliphatic carbocycles. The maximum Gasteiger partial charge on any atom is 0.143 e. The van der Waals surface area contributed by atoms with Gasteiger partial charge in [-0.15, -0.1) is 0 Å². The number of carbonyl (C=O) groups excluding carboxylic acids is 1. The van der Waals surface area contributed by atoms with E-state index in [0.29, 0.717) is 6.29 Å². The second-order valence-electron chi connectivity index (χ2n) is 1.64. The van der Waals surface area contributed by atoms with Crippen LogP contribution in [0.4, 0.5) is 0 Å². The van der Waals surface area contributed by atoms with Crippen molar-refractivity contribution < 1.29 is 4.79 Å². The lowest BCUT2D eigenvalue weighted by molar-refractivity contribution is -0.104. The Morgan fingerprint density at radius 3 is 2.15 bits per heavy atom. The molecule has 0 heterocycles. The summed E-state index contributed by atoms with van der Waals surface area (Å²) in [4.78, 5) is 9.78. The number of rotatable bonds is 1. The molecule has 0 amide bonds. The van der Waals surface area contributed by atoms with Gasteiger partial charge >= 0.3 is 0 Å². The van der Waals surface area contributed by atoms with Gasteiger partial charge in [-0.05, 0) is 54.6 Å². The SMILES string of the molecule is CC#CC#CC#CC#CC=CC=O. The average Bonchev–Trinajstić information content (AvgIpc) is 2.16. The predicted molar refractivity (Wildman–Crippen MR) is 52.0 cm³/mol. The summed E-state index contributed by atoms with van der Waals surface area (Å²) in [5.41, 5.74) is 0. The fourth-order valence-electron chi connectivity index (χ4n) is 0.353. The minimum absolute atomic E-state index is 0.652. The molecule has 1 heteroatoms. The highest BCUT2D eigenvalue weighted by atomic mass is 16.1. The first kappa shape index (κ1) is 10.7. The molecule has 0 aliphatic heterocycles. The molecular formula is C12H6O. The summed E-state index contributed by atoms with van der Waals surface area (Å²) in [5, 5.41) is 0. The van der Waals surface area contributed by atoms with E-state index < -0.39 is 0 Å². The topological polar surface area (TPSA) is 17.1 Å². The third-order valence-electron chi connectivity index (χ3n) is 0.768. The van der Waals surface area contributed by atoms with Crippen LogP contribution in [0.5, 0.6) is 0 Å². The Kier molecular flexibility index (Phi) is 7.91. The van der Waals surface area contributed by atoms with Crippen LogP contribution in [-0.2, 0) is 4.79 Å². The summed E-state index contributed by atoms with van der Waals surface area (Å²) in [5.74, 6) is 20.2. The van der Waals surface area contributed by atoms with Gasteiger partial charge in [0.15, 0.2) is 0 Å². The Hall–Kier alpha value is -2.35. The third-order valence-corrected chi connectivity index (χ3v) is 0.768. The molecule has 0 aromatic carbocycles. The lowest BCUT2D eigenvalue weighted by Crippen LogP contribution is -1.57. The van der Waals surface area contributed by atoms with Crippen molar-refractivity contribution in [1.82, 2.24) is 0 Å². The van der Waals surface area contributed by atoms with Crippen LogP contribution in [0.25, 0.3) is 0 Å². The van der Waals surface area contributed by atoms with Gasteiger partial charge < -0.3 is 0 Å². The van der Waals surface area contributed by atoms with Gasteiger partial charge in [0.2, 0.25) is 0 Å². The fraction of sp³-hybridized carbons (Fsp3) is 0.0833. The zero-order valence-electron chi connectivity index (χ0n) is 7.14. The van der Waals surface area contributed by atoms with Crippen molar-refractivity contribution >= 4 is 6.29 Å². The maximum atomic E-state index is 9.78. The van der Waals surface area contributed by atoms with Gasteiger partial charge in [-0.1, -0.05) is 11.8 Å². The molecule has 0 aromatic rings. The highest BCUT2D eigenvalue weighted by molar-refractivity contribution is 5.65. The maximum absolute atomic E-state index is 9.78. The molecule has 0 saturated heterocycles. The molecule has 0 aromatic heterocycles. The van der Waals surface area contributed by atoms with Crippen LogP contribution in [0.3, 0.4) is 0 Å². The number of hydrogen-bond acceptors (Lipinski definition) is 1. The zero-order valence-corrected chi connectivity index (χ0v) is 7.14. The summed E-state index contributed by atoms with van der Waals surface area (Å²) in [6, 6.07) is 0. The van der Waals surface area contributed by atoms with E-state index in [1.54, 1.807) is 6.92 Å². The summed E-state index contributed by atoms with van der Waals surface area (Å²) >= 11 is 0. The molecule has 0 saturated carbocycles. The first-order valence-electron chi connectivity index (χ1n) is 3.44. The molecule has 13 heavy (non-hydrogen) atoms. The third kappa shape index (κ3) is 9.65. The van der Waals surface area contributed by atoms with Crippen LogP contribution in [0.1, 0.15) is 6.92 Å². The smallest absolute Gasteiger partial charge is 0.143 e. The minimum Gasteiger partial charge on any atom is -0.299 e. The van der Waals surface area contributed by atoms with Crippen LogP contribution in [-0.4, -0.2) is 6.29 Å². The van der Waals surface area contributed by atoms with Crippen molar-refractivity contribution in [3.8, 4) is 47.4 Å². The Balaban J connectivity index is 4.04. The Labute approximate surface area is 78.2 Å².